The number of rotatable bonds is 5. The van der Waals surface area contributed by atoms with Gasteiger partial charge >= 0.3 is 0 Å². The highest BCUT2D eigenvalue weighted by atomic mass is 15.2. The minimum absolute atomic E-state index is 0.785. The Morgan fingerprint density at radius 1 is 0.850 bits per heavy atom. The molecule has 1 N–H and O–H groups in total. The van der Waals surface area contributed by atoms with Gasteiger partial charge in [-0.15, -0.1) is 0 Å². The molecule has 3 heteroatoms. The van der Waals surface area contributed by atoms with Gasteiger partial charge in [0.1, 0.15) is 0 Å². The predicted octanol–water partition coefficient (Wildman–Crippen LogP) is 2.82. The van der Waals surface area contributed by atoms with E-state index in [0.717, 1.165) is 18.5 Å². The molecule has 2 fully saturated rings. The van der Waals surface area contributed by atoms with Gasteiger partial charge in [-0.2, -0.15) is 0 Å². The minimum Gasteiger partial charge on any atom is -0.314 e. The third-order valence-electron chi connectivity index (χ3n) is 4.75. The fourth-order valence-corrected chi connectivity index (χ4v) is 3.46. The SMILES string of the molecule is CC.CCNC1CCN(CC2CCN(CC)CC2)CC1. The average molecular weight is 284 g/mol. The molecule has 0 aromatic rings. The lowest BCUT2D eigenvalue weighted by atomic mass is 9.95. The number of nitrogens with one attached hydrogen (secondary N) is 1. The molecule has 0 radical (unpaired) electrons. The van der Waals surface area contributed by atoms with Crippen molar-refractivity contribution in [3.63, 3.8) is 0 Å². The van der Waals surface area contributed by atoms with Crippen LogP contribution >= 0.6 is 0 Å². The van der Waals surface area contributed by atoms with E-state index < -0.39 is 0 Å². The highest BCUT2D eigenvalue weighted by molar-refractivity contribution is 4.80. The predicted molar refractivity (Wildman–Crippen MR) is 89.3 cm³/mol. The first-order valence-corrected chi connectivity index (χ1v) is 9.00. The Morgan fingerprint density at radius 3 is 1.90 bits per heavy atom. The van der Waals surface area contributed by atoms with E-state index in [1.54, 1.807) is 0 Å². The summed E-state index contributed by atoms with van der Waals surface area (Å²) in [6, 6.07) is 0.785. The number of piperidine rings is 2. The third-order valence-corrected chi connectivity index (χ3v) is 4.75. The van der Waals surface area contributed by atoms with Gasteiger partial charge in [-0.05, 0) is 70.9 Å². The maximum Gasteiger partial charge on any atom is 0.00912 e. The largest absolute Gasteiger partial charge is 0.314 e. The van der Waals surface area contributed by atoms with E-state index in [-0.39, 0.29) is 0 Å². The quantitative estimate of drug-likeness (QED) is 0.837. The number of nitrogens with zero attached hydrogens (tertiary/aromatic N) is 2. The number of hydrogen-bond donors (Lipinski definition) is 1. The van der Waals surface area contributed by atoms with Crippen molar-refractivity contribution in [3.05, 3.63) is 0 Å². The summed E-state index contributed by atoms with van der Waals surface area (Å²) in [5, 5.41) is 3.59. The second kappa shape index (κ2) is 10.6. The molecule has 2 rings (SSSR count). The van der Waals surface area contributed by atoms with Gasteiger partial charge in [0.25, 0.3) is 0 Å². The van der Waals surface area contributed by atoms with Gasteiger partial charge in [0.05, 0.1) is 0 Å². The molecule has 0 spiro atoms. The Morgan fingerprint density at radius 2 is 1.40 bits per heavy atom. The van der Waals surface area contributed by atoms with Crippen LogP contribution in [0.4, 0.5) is 0 Å². The molecule has 3 nitrogen and oxygen atoms in total. The summed E-state index contributed by atoms with van der Waals surface area (Å²) < 4.78 is 0. The average Bonchev–Trinajstić information content (AvgIpc) is 2.52. The molecule has 120 valence electrons. The van der Waals surface area contributed by atoms with Crippen LogP contribution in [-0.2, 0) is 0 Å². The standard InChI is InChI=1S/C15H31N3.C2H6/c1-3-16-15-7-11-18(12-8-15)13-14-5-9-17(4-2)10-6-14;1-2/h14-16H,3-13H2,1-2H3;1-2H3. The monoisotopic (exact) mass is 283 g/mol. The Hall–Kier alpha value is -0.120. The Labute approximate surface area is 127 Å². The van der Waals surface area contributed by atoms with Gasteiger partial charge in [0, 0.05) is 12.6 Å². The zero-order valence-corrected chi connectivity index (χ0v) is 14.3. The molecule has 0 atom stereocenters. The lowest BCUT2D eigenvalue weighted by Gasteiger charge is -2.37. The van der Waals surface area contributed by atoms with E-state index in [2.05, 4.69) is 29.0 Å². The minimum atomic E-state index is 0.785. The van der Waals surface area contributed by atoms with Gasteiger partial charge < -0.3 is 15.1 Å². The van der Waals surface area contributed by atoms with Crippen molar-refractivity contribution in [1.29, 1.82) is 0 Å². The molecule has 2 saturated heterocycles. The van der Waals surface area contributed by atoms with E-state index in [1.165, 1.54) is 65.0 Å². The van der Waals surface area contributed by atoms with Crippen LogP contribution in [0, 0.1) is 5.92 Å². The summed E-state index contributed by atoms with van der Waals surface area (Å²) in [5.74, 6) is 0.962. The summed E-state index contributed by atoms with van der Waals surface area (Å²) in [6.45, 7) is 17.5. The smallest absolute Gasteiger partial charge is 0.00912 e. The zero-order valence-electron chi connectivity index (χ0n) is 14.3. The molecule has 2 aliphatic heterocycles. The molecule has 0 aromatic carbocycles. The summed E-state index contributed by atoms with van der Waals surface area (Å²) in [4.78, 5) is 5.30. The zero-order chi connectivity index (χ0) is 14.8. The van der Waals surface area contributed by atoms with Gasteiger partial charge in [0.2, 0.25) is 0 Å². The van der Waals surface area contributed by atoms with E-state index in [0.29, 0.717) is 0 Å². The van der Waals surface area contributed by atoms with E-state index in [9.17, 15) is 0 Å². The van der Waals surface area contributed by atoms with Crippen LogP contribution in [-0.4, -0.2) is 61.7 Å². The van der Waals surface area contributed by atoms with Crippen molar-refractivity contribution in [1.82, 2.24) is 15.1 Å². The fourth-order valence-electron chi connectivity index (χ4n) is 3.46. The Balaban J connectivity index is 0.000000956. The summed E-state index contributed by atoms with van der Waals surface area (Å²) in [6.07, 6.45) is 5.53. The van der Waals surface area contributed by atoms with Crippen LogP contribution in [0.2, 0.25) is 0 Å². The second-order valence-corrected chi connectivity index (χ2v) is 6.01. The number of hydrogen-bond acceptors (Lipinski definition) is 3. The topological polar surface area (TPSA) is 18.5 Å². The first-order valence-electron chi connectivity index (χ1n) is 9.00. The number of likely N-dealkylation sites (tertiary alicyclic amines) is 2. The van der Waals surface area contributed by atoms with Crippen molar-refractivity contribution < 1.29 is 0 Å². The molecular formula is C17H37N3. The van der Waals surface area contributed by atoms with Crippen molar-refractivity contribution in [3.8, 4) is 0 Å². The van der Waals surface area contributed by atoms with Crippen molar-refractivity contribution in [2.45, 2.75) is 59.4 Å². The lowest BCUT2D eigenvalue weighted by Crippen LogP contribution is -2.45. The van der Waals surface area contributed by atoms with Crippen molar-refractivity contribution >= 4 is 0 Å². The van der Waals surface area contributed by atoms with Gasteiger partial charge in [0.15, 0.2) is 0 Å². The molecule has 0 aromatic heterocycles. The molecule has 20 heavy (non-hydrogen) atoms. The van der Waals surface area contributed by atoms with Crippen molar-refractivity contribution in [2.75, 3.05) is 45.8 Å². The van der Waals surface area contributed by atoms with Gasteiger partial charge in [-0.1, -0.05) is 27.7 Å². The third kappa shape index (κ3) is 6.11. The van der Waals surface area contributed by atoms with Crippen LogP contribution in [0.25, 0.3) is 0 Å². The molecule has 0 saturated carbocycles. The molecule has 2 aliphatic rings. The molecule has 0 amide bonds. The summed E-state index contributed by atoms with van der Waals surface area (Å²) >= 11 is 0. The second-order valence-electron chi connectivity index (χ2n) is 6.01. The highest BCUT2D eigenvalue weighted by Gasteiger charge is 2.23. The fraction of sp³-hybridized carbons (Fsp3) is 1.00. The molecule has 2 heterocycles. The van der Waals surface area contributed by atoms with Crippen LogP contribution < -0.4 is 5.32 Å². The van der Waals surface area contributed by atoms with Gasteiger partial charge in [-0.3, -0.25) is 0 Å². The lowest BCUT2D eigenvalue weighted by molar-refractivity contribution is 0.126. The molecule has 0 aliphatic carbocycles. The van der Waals surface area contributed by atoms with E-state index >= 15 is 0 Å². The maximum atomic E-state index is 3.59. The maximum absolute atomic E-state index is 3.59. The Bertz CT molecular complexity index is 216. The van der Waals surface area contributed by atoms with Gasteiger partial charge in [-0.25, -0.2) is 0 Å². The van der Waals surface area contributed by atoms with Crippen LogP contribution in [0.5, 0.6) is 0 Å². The molecule has 0 bridgehead atoms. The first-order chi connectivity index (χ1) is 9.81. The van der Waals surface area contributed by atoms with E-state index in [1.807, 2.05) is 13.8 Å². The van der Waals surface area contributed by atoms with Crippen LogP contribution in [0.1, 0.15) is 53.4 Å². The normalized spacial score (nSPS) is 23.4. The molecular weight excluding hydrogens is 246 g/mol. The Kier molecular flexibility index (Phi) is 9.49. The van der Waals surface area contributed by atoms with Crippen molar-refractivity contribution in [2.24, 2.45) is 5.92 Å². The van der Waals surface area contributed by atoms with E-state index in [4.69, 9.17) is 0 Å². The van der Waals surface area contributed by atoms with Crippen LogP contribution in [0.3, 0.4) is 0 Å². The molecule has 0 unspecified atom stereocenters. The summed E-state index contributed by atoms with van der Waals surface area (Å²) in [5.41, 5.74) is 0. The first kappa shape index (κ1) is 17.9. The highest BCUT2D eigenvalue weighted by Crippen LogP contribution is 2.20. The van der Waals surface area contributed by atoms with Crippen LogP contribution in [0.15, 0.2) is 0 Å². The summed E-state index contributed by atoms with van der Waals surface area (Å²) in [7, 11) is 0.